The first kappa shape index (κ1) is 23.8. The number of aromatic hydroxyl groups is 1. The number of rotatable bonds is 7. The maximum atomic E-state index is 13.4. The van der Waals surface area contributed by atoms with E-state index in [1.165, 1.54) is 4.90 Å². The predicted octanol–water partition coefficient (Wildman–Crippen LogP) is 1.33. The molecule has 1 aliphatic rings. The molecule has 0 aliphatic carbocycles. The zero-order chi connectivity index (χ0) is 23.5. The van der Waals surface area contributed by atoms with Crippen LogP contribution in [0.3, 0.4) is 0 Å². The largest absolute Gasteiger partial charge is 0.506 e. The monoisotopic (exact) mass is 517 g/mol. The number of phenolic OH excluding ortho intramolecular Hbond substituents is 1. The van der Waals surface area contributed by atoms with Crippen LogP contribution < -0.4 is 9.80 Å². The molecule has 0 bridgehead atoms. The van der Waals surface area contributed by atoms with Crippen LogP contribution in [0.5, 0.6) is 5.75 Å². The van der Waals surface area contributed by atoms with Crippen molar-refractivity contribution in [3.05, 3.63) is 57.7 Å². The highest BCUT2D eigenvalue weighted by molar-refractivity contribution is 9.10. The summed E-state index contributed by atoms with van der Waals surface area (Å²) in [6, 6.07) is 12.0. The molecule has 7 nitrogen and oxygen atoms in total. The smallest absolute Gasteiger partial charge is 0.340 e. The van der Waals surface area contributed by atoms with Crippen molar-refractivity contribution in [2.45, 2.75) is 20.0 Å². The number of nitrogens with one attached hydrogen (secondary N) is 2. The fraction of sp³-hybridized carbons (Fsp3) is 0.400. The number of esters is 1. The fourth-order valence-electron chi connectivity index (χ4n) is 4.60. The van der Waals surface area contributed by atoms with Crippen LogP contribution >= 0.6 is 15.9 Å². The van der Waals surface area contributed by atoms with Gasteiger partial charge in [-0.25, -0.2) is 4.79 Å². The molecule has 1 fully saturated rings. The van der Waals surface area contributed by atoms with Gasteiger partial charge in [-0.3, -0.25) is 0 Å². The van der Waals surface area contributed by atoms with Gasteiger partial charge in [0.1, 0.15) is 31.9 Å². The number of hydrogen-bond donors (Lipinski definition) is 3. The highest BCUT2D eigenvalue weighted by Crippen LogP contribution is 2.40. The Balaban J connectivity index is 2.08. The van der Waals surface area contributed by atoms with Gasteiger partial charge in [0.25, 0.3) is 0 Å². The highest BCUT2D eigenvalue weighted by Gasteiger charge is 2.32. The molecule has 0 saturated carbocycles. The quantitative estimate of drug-likeness (QED) is 0.413. The number of fused-ring (bicyclic) bond motifs is 1. The first-order valence-corrected chi connectivity index (χ1v) is 12.2. The Morgan fingerprint density at radius 2 is 1.94 bits per heavy atom. The lowest BCUT2D eigenvalue weighted by Crippen LogP contribution is -3.12. The molecule has 1 aromatic heterocycles. The first-order valence-electron chi connectivity index (χ1n) is 11.4. The van der Waals surface area contributed by atoms with Gasteiger partial charge in [0.15, 0.2) is 0 Å². The summed E-state index contributed by atoms with van der Waals surface area (Å²) >= 11 is 3.55. The molecule has 4 rings (SSSR count). The molecule has 1 aliphatic heterocycles. The molecule has 2 heterocycles. The molecule has 33 heavy (non-hydrogen) atoms. The molecule has 1 saturated heterocycles. The van der Waals surface area contributed by atoms with Crippen molar-refractivity contribution >= 4 is 32.8 Å². The number of morpholine rings is 1. The fourth-order valence-corrected chi connectivity index (χ4v) is 5.05. The summed E-state index contributed by atoms with van der Waals surface area (Å²) in [7, 11) is 4.06. The van der Waals surface area contributed by atoms with Crippen LogP contribution in [0.2, 0.25) is 0 Å². The van der Waals surface area contributed by atoms with E-state index in [1.807, 2.05) is 57.4 Å². The van der Waals surface area contributed by atoms with E-state index in [4.69, 9.17) is 9.47 Å². The molecule has 2 aromatic carbocycles. The van der Waals surface area contributed by atoms with Gasteiger partial charge in [-0.05, 0) is 41.1 Å². The molecule has 3 aromatic rings. The van der Waals surface area contributed by atoms with Gasteiger partial charge in [-0.15, -0.1) is 0 Å². The number of carbonyl (C=O) groups excluding carboxylic acids is 1. The number of halogens is 1. The highest BCUT2D eigenvalue weighted by atomic mass is 79.9. The summed E-state index contributed by atoms with van der Waals surface area (Å²) in [5.74, 6) is -0.179. The van der Waals surface area contributed by atoms with Crippen LogP contribution in [0, 0.1) is 0 Å². The van der Waals surface area contributed by atoms with Gasteiger partial charge in [-0.1, -0.05) is 18.2 Å². The van der Waals surface area contributed by atoms with E-state index >= 15 is 0 Å². The van der Waals surface area contributed by atoms with Gasteiger partial charge in [0, 0.05) is 11.1 Å². The second-order valence-corrected chi connectivity index (χ2v) is 9.57. The third kappa shape index (κ3) is 4.80. The lowest BCUT2D eigenvalue weighted by atomic mass is 10.0. The van der Waals surface area contributed by atoms with Gasteiger partial charge < -0.3 is 28.9 Å². The van der Waals surface area contributed by atoms with Gasteiger partial charge >= 0.3 is 5.97 Å². The minimum Gasteiger partial charge on any atom is -0.506 e. The predicted molar refractivity (Wildman–Crippen MR) is 130 cm³/mol. The SMILES string of the molecule is CCOC(=O)c1c(C[NH+]2CCOCC2)n(-c2ccccc2)c2cc(Br)c(O)c(C[NH+](C)C)c12. The van der Waals surface area contributed by atoms with Crippen molar-refractivity contribution < 1.29 is 29.2 Å². The maximum Gasteiger partial charge on any atom is 0.340 e. The van der Waals surface area contributed by atoms with Crippen molar-refractivity contribution in [3.8, 4) is 11.4 Å². The summed E-state index contributed by atoms with van der Waals surface area (Å²) < 4.78 is 13.9. The average molecular weight is 518 g/mol. The average Bonchev–Trinajstić information content (AvgIpc) is 3.11. The van der Waals surface area contributed by atoms with Crippen molar-refractivity contribution in [1.82, 2.24) is 4.57 Å². The number of benzene rings is 2. The number of carbonyl (C=O) groups is 1. The Hall–Kier alpha value is -2.39. The molecule has 3 N–H and O–H groups in total. The molecule has 0 atom stereocenters. The number of ether oxygens (including phenoxy) is 2. The third-order valence-corrected chi connectivity index (χ3v) is 6.63. The Bertz CT molecular complexity index is 1140. The lowest BCUT2D eigenvalue weighted by Gasteiger charge is -2.25. The second kappa shape index (κ2) is 10.3. The summed E-state index contributed by atoms with van der Waals surface area (Å²) in [5, 5.41) is 11.8. The number of nitrogens with zero attached hydrogens (tertiary/aromatic N) is 1. The normalized spacial score (nSPS) is 14.8. The van der Waals surface area contributed by atoms with Crippen molar-refractivity contribution in [2.75, 3.05) is 47.0 Å². The molecule has 0 unspecified atom stereocenters. The summed E-state index contributed by atoms with van der Waals surface area (Å²) in [5.41, 5.74) is 4.05. The number of quaternary nitrogens is 2. The molecule has 8 heteroatoms. The van der Waals surface area contributed by atoms with E-state index in [0.717, 1.165) is 45.8 Å². The molecule has 176 valence electrons. The van der Waals surface area contributed by atoms with E-state index in [9.17, 15) is 9.90 Å². The topological polar surface area (TPSA) is 69.6 Å². The minimum atomic E-state index is -0.350. The summed E-state index contributed by atoms with van der Waals surface area (Å²) in [6.07, 6.45) is 0. The molecular weight excluding hydrogens is 486 g/mol. The summed E-state index contributed by atoms with van der Waals surface area (Å²) in [6.45, 7) is 6.50. The van der Waals surface area contributed by atoms with Crippen molar-refractivity contribution in [1.29, 1.82) is 0 Å². The lowest BCUT2D eigenvalue weighted by molar-refractivity contribution is -0.921. The number of para-hydroxylation sites is 1. The van der Waals surface area contributed by atoms with Crippen LogP contribution in [0.1, 0.15) is 28.5 Å². The standard InChI is InChI=1S/C25H30BrN3O4/c1-4-33-25(31)23-21(16-28-10-12-32-13-11-28)29(17-8-6-5-7-9-17)20-14-19(26)24(30)18(22(20)23)15-27(2)3/h5-9,14,30H,4,10-13,15-16H2,1-3H3/p+2. The molecule has 0 radical (unpaired) electrons. The van der Waals surface area contributed by atoms with E-state index < -0.39 is 0 Å². The summed E-state index contributed by atoms with van der Waals surface area (Å²) in [4.78, 5) is 15.9. The Morgan fingerprint density at radius 3 is 2.58 bits per heavy atom. The number of hydrogen-bond acceptors (Lipinski definition) is 4. The molecule has 0 spiro atoms. The Kier molecular flexibility index (Phi) is 7.38. The molecular formula is C25H32BrN3O4+2. The molecule has 0 amide bonds. The Morgan fingerprint density at radius 1 is 1.24 bits per heavy atom. The second-order valence-electron chi connectivity index (χ2n) is 8.72. The van der Waals surface area contributed by atoms with Gasteiger partial charge in [0.05, 0.1) is 60.7 Å². The van der Waals surface area contributed by atoms with E-state index in [0.29, 0.717) is 36.3 Å². The van der Waals surface area contributed by atoms with Crippen LogP contribution in [-0.4, -0.2) is 62.6 Å². The maximum absolute atomic E-state index is 13.4. The van der Waals surface area contributed by atoms with E-state index in [2.05, 4.69) is 20.5 Å². The van der Waals surface area contributed by atoms with Gasteiger partial charge in [0.2, 0.25) is 0 Å². The van der Waals surface area contributed by atoms with E-state index in [1.54, 1.807) is 0 Å². The van der Waals surface area contributed by atoms with Crippen LogP contribution in [0.4, 0.5) is 0 Å². The van der Waals surface area contributed by atoms with E-state index in [-0.39, 0.29) is 18.3 Å². The number of phenols is 1. The van der Waals surface area contributed by atoms with Crippen LogP contribution in [0.25, 0.3) is 16.6 Å². The third-order valence-electron chi connectivity index (χ3n) is 6.02. The van der Waals surface area contributed by atoms with Crippen LogP contribution in [-0.2, 0) is 22.6 Å². The minimum absolute atomic E-state index is 0.171. The van der Waals surface area contributed by atoms with Crippen molar-refractivity contribution in [3.63, 3.8) is 0 Å². The first-order chi connectivity index (χ1) is 15.9. The zero-order valence-corrected chi connectivity index (χ0v) is 21.0. The van der Waals surface area contributed by atoms with Crippen LogP contribution in [0.15, 0.2) is 40.9 Å². The number of aromatic nitrogens is 1. The van der Waals surface area contributed by atoms with Gasteiger partial charge in [-0.2, -0.15) is 0 Å². The Labute approximate surface area is 202 Å². The zero-order valence-electron chi connectivity index (χ0n) is 19.4. The van der Waals surface area contributed by atoms with Crippen molar-refractivity contribution in [2.24, 2.45) is 0 Å².